The van der Waals surface area contributed by atoms with E-state index in [-0.39, 0.29) is 11.2 Å². The van der Waals surface area contributed by atoms with Crippen molar-refractivity contribution >= 4 is 11.6 Å². The summed E-state index contributed by atoms with van der Waals surface area (Å²) in [5.74, 6) is 3.10. The first-order valence-corrected chi connectivity index (χ1v) is 5.77. The first-order chi connectivity index (χ1) is 8.68. The highest BCUT2D eigenvalue weighted by atomic mass is 19.3. The Kier molecular flexibility index (Phi) is 4.59. The van der Waals surface area contributed by atoms with Crippen LogP contribution in [-0.2, 0) is 5.41 Å². The molecule has 0 saturated carbocycles. The van der Waals surface area contributed by atoms with Crippen LogP contribution in [0.4, 0.5) is 20.4 Å². The first kappa shape index (κ1) is 15.5. The lowest BCUT2D eigenvalue weighted by atomic mass is 9.96. The number of anilines is 2. The summed E-state index contributed by atoms with van der Waals surface area (Å²) in [7, 11) is 0. The summed E-state index contributed by atoms with van der Waals surface area (Å²) >= 11 is 0. The molecule has 0 atom stereocenters. The normalized spacial score (nSPS) is 12.4. The van der Waals surface area contributed by atoms with Gasteiger partial charge in [-0.05, 0) is 0 Å². The molecule has 6 nitrogen and oxygen atoms in total. The van der Waals surface area contributed by atoms with Crippen molar-refractivity contribution in [1.29, 1.82) is 0 Å². The Bertz CT molecular complexity index is 434. The predicted octanol–water partition coefficient (Wildman–Crippen LogP) is 1.10. The molecule has 1 aromatic rings. The molecule has 0 spiro atoms. The monoisotopic (exact) mass is 275 g/mol. The van der Waals surface area contributed by atoms with Crippen molar-refractivity contribution in [2.24, 2.45) is 5.84 Å². The molecule has 5 N–H and O–H groups in total. The van der Waals surface area contributed by atoms with E-state index in [2.05, 4.69) is 20.7 Å². The van der Waals surface area contributed by atoms with Crippen LogP contribution in [0.25, 0.3) is 0 Å². The summed E-state index contributed by atoms with van der Waals surface area (Å²) in [6.07, 6.45) is 0. The van der Waals surface area contributed by atoms with Crippen molar-refractivity contribution < 1.29 is 13.9 Å². The highest BCUT2D eigenvalue weighted by molar-refractivity contribution is 5.47. The molecule has 0 aliphatic rings. The van der Waals surface area contributed by atoms with Gasteiger partial charge in [0.2, 0.25) is 0 Å². The van der Waals surface area contributed by atoms with E-state index < -0.39 is 19.1 Å². The number of alkyl halides is 2. The second-order valence-electron chi connectivity index (χ2n) is 5.22. The number of aliphatic hydroxyl groups excluding tert-OH is 1. The highest BCUT2D eigenvalue weighted by Crippen LogP contribution is 2.22. The van der Waals surface area contributed by atoms with Gasteiger partial charge in [0.25, 0.3) is 5.92 Å². The lowest BCUT2D eigenvalue weighted by molar-refractivity contribution is -0.0373. The van der Waals surface area contributed by atoms with E-state index in [1.807, 2.05) is 20.8 Å². The molecule has 1 heterocycles. The molecule has 0 bridgehead atoms. The third-order valence-corrected chi connectivity index (χ3v) is 2.30. The van der Waals surface area contributed by atoms with Gasteiger partial charge >= 0.3 is 0 Å². The van der Waals surface area contributed by atoms with E-state index in [9.17, 15) is 8.78 Å². The Labute approximate surface area is 110 Å². The largest absolute Gasteiger partial charge is 0.390 e. The van der Waals surface area contributed by atoms with Crippen molar-refractivity contribution in [1.82, 2.24) is 9.97 Å². The molecule has 0 saturated heterocycles. The molecule has 8 heteroatoms. The van der Waals surface area contributed by atoms with Crippen molar-refractivity contribution in [3.8, 4) is 0 Å². The number of nitrogens with one attached hydrogen (secondary N) is 2. The number of halogens is 2. The topological polar surface area (TPSA) is 96.1 Å². The summed E-state index contributed by atoms with van der Waals surface area (Å²) in [5.41, 5.74) is 2.02. The molecule has 108 valence electrons. The van der Waals surface area contributed by atoms with Gasteiger partial charge in [-0.25, -0.2) is 24.6 Å². The average Bonchev–Trinajstić information content (AvgIpc) is 2.35. The van der Waals surface area contributed by atoms with Gasteiger partial charge < -0.3 is 15.8 Å². The number of nitrogens with two attached hydrogens (primary N) is 1. The van der Waals surface area contributed by atoms with Crippen molar-refractivity contribution in [3.05, 3.63) is 11.9 Å². The minimum absolute atomic E-state index is 0.223. The van der Waals surface area contributed by atoms with Crippen LogP contribution in [0.3, 0.4) is 0 Å². The first-order valence-electron chi connectivity index (χ1n) is 5.77. The van der Waals surface area contributed by atoms with Crippen LogP contribution in [0.2, 0.25) is 0 Å². The quantitative estimate of drug-likeness (QED) is 0.475. The number of hydrazine groups is 1. The molecular weight excluding hydrogens is 256 g/mol. The van der Waals surface area contributed by atoms with Crippen molar-refractivity contribution in [3.63, 3.8) is 0 Å². The maximum atomic E-state index is 13.0. The predicted molar refractivity (Wildman–Crippen MR) is 69.1 cm³/mol. The van der Waals surface area contributed by atoms with E-state index in [0.29, 0.717) is 11.6 Å². The standard InChI is InChI=1S/C11H19F2N5O/c1-10(2,3)9-16-7(4-8(17-9)18-14)15-5-11(12,13)6-19/h4,19H,5-6,14H2,1-3H3,(H2,15,16,17,18). The molecule has 1 aromatic heterocycles. The van der Waals surface area contributed by atoms with E-state index in [1.54, 1.807) is 0 Å². The van der Waals surface area contributed by atoms with E-state index in [4.69, 9.17) is 10.9 Å². The Morgan fingerprint density at radius 3 is 2.32 bits per heavy atom. The van der Waals surface area contributed by atoms with E-state index in [0.717, 1.165) is 0 Å². The van der Waals surface area contributed by atoms with E-state index >= 15 is 0 Å². The zero-order valence-electron chi connectivity index (χ0n) is 11.2. The average molecular weight is 275 g/mol. The molecule has 0 aliphatic carbocycles. The fourth-order valence-corrected chi connectivity index (χ4v) is 1.22. The zero-order chi connectivity index (χ0) is 14.7. The minimum atomic E-state index is -3.21. The van der Waals surface area contributed by atoms with Crippen LogP contribution in [-0.4, -0.2) is 34.1 Å². The molecule has 0 amide bonds. The number of nitrogens with zero attached hydrogens (tertiary/aromatic N) is 2. The van der Waals surface area contributed by atoms with Gasteiger partial charge in [-0.15, -0.1) is 0 Å². The van der Waals surface area contributed by atoms with Gasteiger partial charge in [0.1, 0.15) is 24.1 Å². The molecular formula is C11H19F2N5O. The van der Waals surface area contributed by atoms with Crippen LogP contribution < -0.4 is 16.6 Å². The summed E-state index contributed by atoms with van der Waals surface area (Å²) in [5, 5.41) is 11.0. The van der Waals surface area contributed by atoms with Gasteiger partial charge in [-0.2, -0.15) is 0 Å². The summed E-state index contributed by atoms with van der Waals surface area (Å²) in [4.78, 5) is 8.32. The van der Waals surface area contributed by atoms with E-state index in [1.165, 1.54) is 6.07 Å². The second-order valence-corrected chi connectivity index (χ2v) is 5.22. The summed E-state index contributed by atoms with van der Waals surface area (Å²) in [6, 6.07) is 1.42. The summed E-state index contributed by atoms with van der Waals surface area (Å²) in [6.45, 7) is 3.76. The SMILES string of the molecule is CC(C)(C)c1nc(NN)cc(NCC(F)(F)CO)n1. The number of aromatic nitrogens is 2. The number of aliphatic hydroxyl groups is 1. The molecule has 0 unspecified atom stereocenters. The second kappa shape index (κ2) is 5.62. The molecule has 0 aromatic carbocycles. The summed E-state index contributed by atoms with van der Waals surface area (Å²) < 4.78 is 25.9. The number of nitrogen functional groups attached to an aromatic ring is 1. The Balaban J connectivity index is 2.95. The number of hydrogen-bond donors (Lipinski definition) is 4. The zero-order valence-corrected chi connectivity index (χ0v) is 11.2. The van der Waals surface area contributed by atoms with Crippen LogP contribution in [0.1, 0.15) is 26.6 Å². The van der Waals surface area contributed by atoms with Crippen LogP contribution in [0.15, 0.2) is 6.07 Å². The van der Waals surface area contributed by atoms with Gasteiger partial charge in [-0.3, -0.25) is 0 Å². The number of rotatable bonds is 5. The molecule has 19 heavy (non-hydrogen) atoms. The number of hydrogen-bond acceptors (Lipinski definition) is 6. The molecule has 0 fully saturated rings. The Morgan fingerprint density at radius 1 is 1.26 bits per heavy atom. The fourth-order valence-electron chi connectivity index (χ4n) is 1.22. The van der Waals surface area contributed by atoms with Crippen LogP contribution in [0, 0.1) is 0 Å². The van der Waals surface area contributed by atoms with Gasteiger partial charge in [0.05, 0.1) is 6.54 Å². The molecule has 1 rings (SSSR count). The van der Waals surface area contributed by atoms with Gasteiger partial charge in [0.15, 0.2) is 0 Å². The van der Waals surface area contributed by atoms with Crippen molar-refractivity contribution in [2.75, 3.05) is 23.9 Å². The minimum Gasteiger partial charge on any atom is -0.390 e. The third kappa shape index (κ3) is 4.56. The Hall–Kier alpha value is -1.54. The lowest BCUT2D eigenvalue weighted by Gasteiger charge is -2.20. The van der Waals surface area contributed by atoms with Crippen molar-refractivity contribution in [2.45, 2.75) is 32.1 Å². The smallest absolute Gasteiger partial charge is 0.287 e. The molecule has 0 aliphatic heterocycles. The lowest BCUT2D eigenvalue weighted by Crippen LogP contribution is -2.31. The fraction of sp³-hybridized carbons (Fsp3) is 0.636. The van der Waals surface area contributed by atoms with Gasteiger partial charge in [0, 0.05) is 11.5 Å². The van der Waals surface area contributed by atoms with Crippen LogP contribution >= 0.6 is 0 Å². The highest BCUT2D eigenvalue weighted by Gasteiger charge is 2.28. The Morgan fingerprint density at radius 2 is 1.84 bits per heavy atom. The molecule has 0 radical (unpaired) electrons. The third-order valence-electron chi connectivity index (χ3n) is 2.30. The maximum Gasteiger partial charge on any atom is 0.287 e. The van der Waals surface area contributed by atoms with Crippen LogP contribution in [0.5, 0.6) is 0 Å². The maximum absolute atomic E-state index is 13.0. The van der Waals surface area contributed by atoms with Gasteiger partial charge in [-0.1, -0.05) is 20.8 Å².